The van der Waals surface area contributed by atoms with Crippen LogP contribution in [0.5, 0.6) is 0 Å². The number of aliphatic hydroxyl groups excluding tert-OH is 2. The number of ether oxygens (including phenoxy) is 2. The lowest BCUT2D eigenvalue weighted by molar-refractivity contribution is -0.158. The van der Waals surface area contributed by atoms with Crippen molar-refractivity contribution in [3.05, 3.63) is 83.2 Å². The number of oxazole rings is 1. The van der Waals surface area contributed by atoms with Crippen molar-refractivity contribution in [3.63, 3.8) is 0 Å². The van der Waals surface area contributed by atoms with Crippen molar-refractivity contribution in [3.8, 4) is 0 Å². The van der Waals surface area contributed by atoms with E-state index in [1.807, 2.05) is 77.2 Å². The van der Waals surface area contributed by atoms with Gasteiger partial charge >= 0.3 is 11.9 Å². The van der Waals surface area contributed by atoms with Crippen LogP contribution in [0, 0.1) is 24.7 Å². The molecule has 0 aromatic carbocycles. The monoisotopic (exact) mass is 579 g/mol. The van der Waals surface area contributed by atoms with Gasteiger partial charge in [-0.25, -0.2) is 9.78 Å². The summed E-state index contributed by atoms with van der Waals surface area (Å²) in [5.41, 5.74) is 3.09. The zero-order chi connectivity index (χ0) is 30.8. The second kappa shape index (κ2) is 15.7. The van der Waals surface area contributed by atoms with E-state index in [1.165, 1.54) is 6.08 Å². The number of hydrogen-bond donors (Lipinski definition) is 2. The fourth-order valence-corrected chi connectivity index (χ4v) is 5.15. The van der Waals surface area contributed by atoms with Crippen LogP contribution in [0.4, 0.5) is 0 Å². The van der Waals surface area contributed by atoms with Crippen LogP contribution >= 0.6 is 0 Å². The Bertz CT molecular complexity index is 1260. The van der Waals surface area contributed by atoms with Gasteiger partial charge in [0.05, 0.1) is 12.2 Å². The molecule has 0 spiro atoms. The minimum Gasteiger partial charge on any atom is -0.462 e. The summed E-state index contributed by atoms with van der Waals surface area (Å²) >= 11 is 0. The summed E-state index contributed by atoms with van der Waals surface area (Å²) in [5.74, 6) is -0.577. The molecule has 1 fully saturated rings. The van der Waals surface area contributed by atoms with Crippen molar-refractivity contribution in [2.75, 3.05) is 0 Å². The third-order valence-corrected chi connectivity index (χ3v) is 7.92. The number of cyclic esters (lactones) is 1. The van der Waals surface area contributed by atoms with Gasteiger partial charge in [0.2, 0.25) is 0 Å². The van der Waals surface area contributed by atoms with Crippen LogP contribution in [0.2, 0.25) is 0 Å². The molecule has 2 bridgehead atoms. The highest BCUT2D eigenvalue weighted by Gasteiger charge is 2.32. The van der Waals surface area contributed by atoms with Crippen molar-refractivity contribution < 1.29 is 33.7 Å². The zero-order valence-electron chi connectivity index (χ0n) is 25.5. The third kappa shape index (κ3) is 10.1. The summed E-state index contributed by atoms with van der Waals surface area (Å²) in [6.07, 6.45) is 16.8. The molecule has 2 N–H and O–H groups in total. The number of allylic oxidation sites excluding steroid dienone is 7. The lowest BCUT2D eigenvalue weighted by Crippen LogP contribution is -2.36. The lowest BCUT2D eigenvalue weighted by atomic mass is 9.86. The molecule has 42 heavy (non-hydrogen) atoms. The van der Waals surface area contributed by atoms with E-state index in [4.69, 9.17) is 13.9 Å². The zero-order valence-corrected chi connectivity index (χ0v) is 25.5. The van der Waals surface area contributed by atoms with E-state index in [2.05, 4.69) is 4.98 Å². The fourth-order valence-electron chi connectivity index (χ4n) is 5.15. The molecule has 3 heterocycles. The van der Waals surface area contributed by atoms with Gasteiger partial charge in [-0.05, 0) is 62.3 Å². The van der Waals surface area contributed by atoms with Crippen molar-refractivity contribution >= 4 is 18.0 Å². The molecule has 3 rings (SSSR count). The van der Waals surface area contributed by atoms with Crippen LogP contribution in [0.25, 0.3) is 6.08 Å². The van der Waals surface area contributed by atoms with Crippen LogP contribution < -0.4 is 0 Å². The predicted molar refractivity (Wildman–Crippen MR) is 162 cm³/mol. The Hall–Kier alpha value is -3.49. The van der Waals surface area contributed by atoms with Gasteiger partial charge in [-0.3, -0.25) is 4.79 Å². The smallest absolute Gasteiger partial charge is 0.330 e. The minimum atomic E-state index is -0.910. The largest absolute Gasteiger partial charge is 0.462 e. The maximum absolute atomic E-state index is 12.8. The topological polar surface area (TPSA) is 119 Å². The average molecular weight is 580 g/mol. The van der Waals surface area contributed by atoms with Crippen LogP contribution in [0.15, 0.2) is 76.0 Å². The highest BCUT2D eigenvalue weighted by molar-refractivity contribution is 5.82. The minimum absolute atomic E-state index is 0.0114. The number of aromatic nitrogens is 1. The summed E-state index contributed by atoms with van der Waals surface area (Å²) in [5, 5.41) is 22.1. The first-order valence-corrected chi connectivity index (χ1v) is 14.7. The number of hydrogen-bond acceptors (Lipinski definition) is 8. The molecule has 1 saturated heterocycles. The van der Waals surface area contributed by atoms with E-state index in [-0.39, 0.29) is 30.3 Å². The fraction of sp³-hybridized carbons (Fsp3) is 0.500. The molecule has 0 radical (unpaired) electrons. The van der Waals surface area contributed by atoms with E-state index < -0.39 is 30.2 Å². The van der Waals surface area contributed by atoms with Gasteiger partial charge in [-0.1, -0.05) is 56.4 Å². The Balaban J connectivity index is 1.76. The molecule has 0 saturated carbocycles. The number of carbonyl (C=O) groups excluding carboxylic acids is 2. The molecule has 8 heteroatoms. The van der Waals surface area contributed by atoms with E-state index in [0.717, 1.165) is 11.3 Å². The maximum Gasteiger partial charge on any atom is 0.330 e. The first-order valence-electron chi connectivity index (χ1n) is 14.7. The summed E-state index contributed by atoms with van der Waals surface area (Å²) in [7, 11) is 0. The third-order valence-electron chi connectivity index (χ3n) is 7.92. The van der Waals surface area contributed by atoms with Crippen molar-refractivity contribution in [1.82, 2.24) is 4.98 Å². The number of nitrogens with zero attached hydrogens (tertiary/aromatic N) is 1. The first kappa shape index (κ1) is 33.0. The van der Waals surface area contributed by atoms with Gasteiger partial charge in [0.15, 0.2) is 5.89 Å². The molecule has 8 nitrogen and oxygen atoms in total. The maximum atomic E-state index is 12.8. The summed E-state index contributed by atoms with van der Waals surface area (Å²) in [6.45, 7) is 11.2. The Morgan fingerprint density at radius 2 is 1.93 bits per heavy atom. The molecule has 7 atom stereocenters. The van der Waals surface area contributed by atoms with E-state index in [9.17, 15) is 19.8 Å². The molecule has 0 amide bonds. The molecular weight excluding hydrogens is 534 g/mol. The Labute approximate surface area is 249 Å². The summed E-state index contributed by atoms with van der Waals surface area (Å²) < 4.78 is 16.6. The Morgan fingerprint density at radius 3 is 2.64 bits per heavy atom. The summed E-state index contributed by atoms with van der Waals surface area (Å²) in [4.78, 5) is 29.3. The van der Waals surface area contributed by atoms with Crippen molar-refractivity contribution in [1.29, 1.82) is 0 Å². The Kier molecular flexibility index (Phi) is 12.3. The number of aliphatic hydroxyl groups is 2. The van der Waals surface area contributed by atoms with Gasteiger partial charge < -0.3 is 24.1 Å². The standard InChI is InChI=1S/C34H45NO7/c1-21(16-28-20-40-26(6)35-28)10-7-13-24(4)34(39)25(5)31-19-29(36)22(2)11-8-12-23(3)30-17-27(18-33(38)41-30)14-9-15-32(37)42-31/h7-13,15-16,20,23,25,27,29-31,34,36,39H,14,17-19H2,1-6H3/b10-7+,12-8+,15-9+,21-16+,22-11+,24-13+/t23-,25+,27-,29+,30-,31?,34+/m1/s1. The van der Waals surface area contributed by atoms with Gasteiger partial charge in [0.1, 0.15) is 24.2 Å². The highest BCUT2D eigenvalue weighted by atomic mass is 16.5. The number of fused-ring (bicyclic) bond motifs is 2. The van der Waals surface area contributed by atoms with Crippen LogP contribution in [-0.2, 0) is 19.1 Å². The first-order chi connectivity index (χ1) is 19.9. The number of esters is 2. The number of carbonyl (C=O) groups is 2. The average Bonchev–Trinajstić information content (AvgIpc) is 3.34. The second-order valence-electron chi connectivity index (χ2n) is 11.6. The molecule has 228 valence electrons. The van der Waals surface area contributed by atoms with Gasteiger partial charge in [0.25, 0.3) is 0 Å². The SMILES string of the molecule is CC(/C=C/C=C(\C)[C@H](O)[C@@H](C)C1C[C@H](O)/C(C)=C/C=C/[C@@H](C)[C@H]2C[C@@H](C/C=C/C(=O)O1)CC(=O)O2)=C\c1coc(C)n1. The van der Waals surface area contributed by atoms with E-state index in [0.29, 0.717) is 36.3 Å². The van der Waals surface area contributed by atoms with E-state index in [1.54, 1.807) is 19.3 Å². The molecule has 1 aromatic heterocycles. The second-order valence-corrected chi connectivity index (χ2v) is 11.6. The van der Waals surface area contributed by atoms with Gasteiger partial charge in [0, 0.05) is 37.7 Å². The Morgan fingerprint density at radius 1 is 1.17 bits per heavy atom. The van der Waals surface area contributed by atoms with Gasteiger partial charge in [-0.15, -0.1) is 0 Å². The quantitative estimate of drug-likeness (QED) is 0.313. The van der Waals surface area contributed by atoms with Crippen molar-refractivity contribution in [2.45, 2.75) is 91.6 Å². The highest BCUT2D eigenvalue weighted by Crippen LogP contribution is 2.30. The molecule has 1 aromatic rings. The molecular formula is C34H45NO7. The predicted octanol–water partition coefficient (Wildman–Crippen LogP) is 5.97. The lowest BCUT2D eigenvalue weighted by Gasteiger charge is -2.31. The van der Waals surface area contributed by atoms with Crippen LogP contribution in [0.3, 0.4) is 0 Å². The molecule has 1 unspecified atom stereocenters. The normalized spacial score (nSPS) is 31.0. The molecule has 0 aliphatic carbocycles. The van der Waals surface area contributed by atoms with Crippen LogP contribution in [0.1, 0.15) is 71.9 Å². The van der Waals surface area contributed by atoms with Crippen LogP contribution in [-0.4, -0.2) is 51.6 Å². The van der Waals surface area contributed by atoms with Crippen molar-refractivity contribution in [2.24, 2.45) is 17.8 Å². The molecule has 2 aliphatic heterocycles. The number of rotatable bonds is 6. The number of aryl methyl sites for hydroxylation is 1. The summed E-state index contributed by atoms with van der Waals surface area (Å²) in [6, 6.07) is 0. The van der Waals surface area contributed by atoms with Gasteiger partial charge in [-0.2, -0.15) is 0 Å². The molecule has 2 aliphatic rings. The van der Waals surface area contributed by atoms with E-state index >= 15 is 0 Å².